The molecule has 3 rings (SSSR count). The molecule has 1 aromatic rings. The zero-order chi connectivity index (χ0) is 18.2. The molecule has 132 valence electrons. The maximum atomic E-state index is 12.6. The number of nitriles is 1. The van der Waals surface area contributed by atoms with Gasteiger partial charge in [-0.2, -0.15) is 5.26 Å². The molecule has 0 saturated carbocycles. The van der Waals surface area contributed by atoms with Crippen molar-refractivity contribution in [3.05, 3.63) is 35.4 Å². The summed E-state index contributed by atoms with van der Waals surface area (Å²) < 4.78 is 5.98. The second kappa shape index (κ2) is 6.47. The van der Waals surface area contributed by atoms with E-state index in [-0.39, 0.29) is 17.9 Å². The fourth-order valence-electron chi connectivity index (χ4n) is 3.44. The van der Waals surface area contributed by atoms with Gasteiger partial charge in [0.2, 0.25) is 5.91 Å². The highest BCUT2D eigenvalue weighted by Gasteiger charge is 2.51. The Morgan fingerprint density at radius 2 is 2.04 bits per heavy atom. The van der Waals surface area contributed by atoms with Gasteiger partial charge in [-0.1, -0.05) is 6.07 Å². The molecule has 2 heterocycles. The van der Waals surface area contributed by atoms with Crippen molar-refractivity contribution in [1.29, 1.82) is 5.26 Å². The van der Waals surface area contributed by atoms with Crippen LogP contribution in [-0.2, 0) is 9.53 Å². The molecule has 1 aromatic carbocycles. The van der Waals surface area contributed by atoms with E-state index in [1.165, 1.54) is 0 Å². The highest BCUT2D eigenvalue weighted by molar-refractivity contribution is 5.95. The zero-order valence-corrected chi connectivity index (χ0v) is 14.7. The number of likely N-dealkylation sites (tertiary alicyclic amines) is 1. The molecule has 0 aromatic heterocycles. The lowest BCUT2D eigenvalue weighted by Crippen LogP contribution is -2.73. The third kappa shape index (κ3) is 3.23. The molecule has 0 radical (unpaired) electrons. The van der Waals surface area contributed by atoms with E-state index in [0.29, 0.717) is 37.4 Å². The van der Waals surface area contributed by atoms with E-state index < -0.39 is 5.60 Å². The smallest absolute Gasteiger partial charge is 0.254 e. The summed E-state index contributed by atoms with van der Waals surface area (Å²) >= 11 is 0. The van der Waals surface area contributed by atoms with E-state index in [0.717, 1.165) is 0 Å². The van der Waals surface area contributed by atoms with Crippen molar-refractivity contribution in [3.63, 3.8) is 0 Å². The number of ether oxygens (including phenoxy) is 1. The molecule has 0 N–H and O–H groups in total. The average molecular weight is 342 g/mol. The number of carbonyl (C=O) groups is 2. The Bertz CT molecular complexity index is 734. The molecule has 0 bridgehead atoms. The number of hydrogen-bond acceptors (Lipinski definition) is 5. The van der Waals surface area contributed by atoms with E-state index in [1.807, 2.05) is 18.0 Å². The molecule has 7 nitrogen and oxygen atoms in total. The standard InChI is InChI=1S/C18H22N4O3/c1-20(2)17(24)15-9-25-18(10-21(15)3)11-22(12-18)16(23)14-6-4-5-13(7-14)8-19/h4-7,15H,9-12H2,1-3H3. The molecule has 1 spiro atoms. The summed E-state index contributed by atoms with van der Waals surface area (Å²) in [5, 5.41) is 8.96. The molecular formula is C18H22N4O3. The van der Waals surface area contributed by atoms with Crippen LogP contribution in [0.25, 0.3) is 0 Å². The molecule has 25 heavy (non-hydrogen) atoms. The van der Waals surface area contributed by atoms with Crippen LogP contribution in [0.4, 0.5) is 0 Å². The monoisotopic (exact) mass is 342 g/mol. The molecule has 1 unspecified atom stereocenters. The molecule has 0 aliphatic carbocycles. The topological polar surface area (TPSA) is 76.9 Å². The highest BCUT2D eigenvalue weighted by Crippen LogP contribution is 2.32. The molecule has 1 atom stereocenters. The van der Waals surface area contributed by atoms with E-state index in [4.69, 9.17) is 10.00 Å². The summed E-state index contributed by atoms with van der Waals surface area (Å²) in [6.45, 7) is 1.93. The molecule has 2 saturated heterocycles. The Kier molecular flexibility index (Phi) is 4.50. The highest BCUT2D eigenvalue weighted by atomic mass is 16.5. The number of morpholine rings is 1. The van der Waals surface area contributed by atoms with Crippen molar-refractivity contribution in [2.45, 2.75) is 11.6 Å². The van der Waals surface area contributed by atoms with Gasteiger partial charge in [0, 0.05) is 26.2 Å². The van der Waals surface area contributed by atoms with Gasteiger partial charge in [-0.15, -0.1) is 0 Å². The minimum atomic E-state index is -0.402. The van der Waals surface area contributed by atoms with Crippen LogP contribution >= 0.6 is 0 Å². The summed E-state index contributed by atoms with van der Waals surface area (Å²) in [5.74, 6) is -0.0709. The van der Waals surface area contributed by atoms with Crippen LogP contribution in [0.15, 0.2) is 24.3 Å². The Morgan fingerprint density at radius 1 is 1.32 bits per heavy atom. The third-order valence-electron chi connectivity index (χ3n) is 4.83. The minimum absolute atomic E-state index is 0.0259. The van der Waals surface area contributed by atoms with Crippen molar-refractivity contribution < 1.29 is 14.3 Å². The van der Waals surface area contributed by atoms with Gasteiger partial charge in [-0.3, -0.25) is 14.5 Å². The Labute approximate surface area is 147 Å². The lowest BCUT2D eigenvalue weighted by molar-refractivity contribution is -0.190. The van der Waals surface area contributed by atoms with Crippen molar-refractivity contribution in [2.24, 2.45) is 0 Å². The van der Waals surface area contributed by atoms with Gasteiger partial charge < -0.3 is 14.5 Å². The zero-order valence-electron chi connectivity index (χ0n) is 14.7. The summed E-state index contributed by atoms with van der Waals surface area (Å²) in [6, 6.07) is 8.47. The number of nitrogens with zero attached hydrogens (tertiary/aromatic N) is 4. The van der Waals surface area contributed by atoms with Gasteiger partial charge in [0.15, 0.2) is 0 Å². The molecule has 2 aliphatic heterocycles. The van der Waals surface area contributed by atoms with Crippen molar-refractivity contribution in [3.8, 4) is 6.07 Å². The first-order valence-electron chi connectivity index (χ1n) is 8.20. The summed E-state index contributed by atoms with van der Waals surface area (Å²) in [4.78, 5) is 30.0. The van der Waals surface area contributed by atoms with Crippen LogP contribution in [0, 0.1) is 11.3 Å². The maximum Gasteiger partial charge on any atom is 0.254 e. The second-order valence-electron chi connectivity index (χ2n) is 7.01. The fraction of sp³-hybridized carbons (Fsp3) is 0.500. The number of benzene rings is 1. The minimum Gasteiger partial charge on any atom is -0.368 e. The summed E-state index contributed by atoms with van der Waals surface area (Å²) in [6.07, 6.45) is 0. The van der Waals surface area contributed by atoms with E-state index in [9.17, 15) is 9.59 Å². The maximum absolute atomic E-state index is 12.6. The van der Waals surface area contributed by atoms with Crippen molar-refractivity contribution in [1.82, 2.24) is 14.7 Å². The quantitative estimate of drug-likeness (QED) is 0.766. The number of amides is 2. The first-order chi connectivity index (χ1) is 11.8. The Morgan fingerprint density at radius 3 is 2.64 bits per heavy atom. The van der Waals surface area contributed by atoms with Crippen LogP contribution in [0.1, 0.15) is 15.9 Å². The van der Waals surface area contributed by atoms with Gasteiger partial charge in [0.1, 0.15) is 11.6 Å². The molecule has 2 amide bonds. The molecular weight excluding hydrogens is 320 g/mol. The van der Waals surface area contributed by atoms with E-state index in [1.54, 1.807) is 48.2 Å². The average Bonchev–Trinajstić information content (AvgIpc) is 2.58. The van der Waals surface area contributed by atoms with Crippen LogP contribution < -0.4 is 0 Å². The van der Waals surface area contributed by atoms with Gasteiger partial charge in [-0.05, 0) is 25.2 Å². The van der Waals surface area contributed by atoms with Crippen LogP contribution in [0.5, 0.6) is 0 Å². The number of carbonyl (C=O) groups excluding carboxylic acids is 2. The number of hydrogen-bond donors (Lipinski definition) is 0. The summed E-state index contributed by atoms with van der Waals surface area (Å²) in [5.41, 5.74) is 0.582. The van der Waals surface area contributed by atoms with Crippen molar-refractivity contribution >= 4 is 11.8 Å². The molecule has 2 fully saturated rings. The Balaban J connectivity index is 1.61. The molecule has 2 aliphatic rings. The van der Waals surface area contributed by atoms with Gasteiger partial charge >= 0.3 is 0 Å². The normalized spacial score (nSPS) is 22.2. The SMILES string of the molecule is CN(C)C(=O)C1COC2(CN(C(=O)c3cccc(C#N)c3)C2)CN1C. The predicted molar refractivity (Wildman–Crippen MR) is 90.9 cm³/mol. The van der Waals surface area contributed by atoms with Crippen LogP contribution in [0.3, 0.4) is 0 Å². The Hall–Kier alpha value is -2.43. The second-order valence-corrected chi connectivity index (χ2v) is 7.01. The lowest BCUT2D eigenvalue weighted by Gasteiger charge is -2.54. The van der Waals surface area contributed by atoms with Gasteiger partial charge in [0.05, 0.1) is 31.3 Å². The lowest BCUT2D eigenvalue weighted by atomic mass is 9.89. The summed E-state index contributed by atoms with van der Waals surface area (Å²) in [7, 11) is 5.39. The van der Waals surface area contributed by atoms with Gasteiger partial charge in [-0.25, -0.2) is 0 Å². The number of likely N-dealkylation sites (N-methyl/N-ethyl adjacent to an activating group) is 2. The van der Waals surface area contributed by atoms with Gasteiger partial charge in [0.25, 0.3) is 5.91 Å². The third-order valence-corrected chi connectivity index (χ3v) is 4.83. The first kappa shape index (κ1) is 17.4. The predicted octanol–water partition coefficient (Wildman–Crippen LogP) is 0.172. The van der Waals surface area contributed by atoms with Crippen LogP contribution in [-0.4, -0.2) is 85.5 Å². The van der Waals surface area contributed by atoms with E-state index >= 15 is 0 Å². The van der Waals surface area contributed by atoms with E-state index in [2.05, 4.69) is 0 Å². The largest absolute Gasteiger partial charge is 0.368 e. The first-order valence-corrected chi connectivity index (χ1v) is 8.20. The van der Waals surface area contributed by atoms with Crippen molar-refractivity contribution in [2.75, 3.05) is 47.4 Å². The fourth-order valence-corrected chi connectivity index (χ4v) is 3.44. The molecule has 7 heteroatoms. The number of rotatable bonds is 2. The van der Waals surface area contributed by atoms with Crippen LogP contribution in [0.2, 0.25) is 0 Å².